The van der Waals surface area contributed by atoms with Crippen LogP contribution >= 0.6 is 0 Å². The second kappa shape index (κ2) is 5.82. The van der Waals surface area contributed by atoms with Crippen LogP contribution in [0.25, 0.3) is 0 Å². The van der Waals surface area contributed by atoms with Gasteiger partial charge in [-0.1, -0.05) is 12.1 Å². The molecule has 1 aliphatic rings. The Morgan fingerprint density at radius 1 is 1.24 bits per heavy atom. The van der Waals surface area contributed by atoms with Crippen molar-refractivity contribution in [3.8, 4) is 5.75 Å². The summed E-state index contributed by atoms with van der Waals surface area (Å²) in [4.78, 5) is 35.3. The van der Waals surface area contributed by atoms with Crippen molar-refractivity contribution in [2.45, 2.75) is 18.9 Å². The van der Waals surface area contributed by atoms with Gasteiger partial charge in [-0.15, -0.1) is 0 Å². The Morgan fingerprint density at radius 3 is 2.33 bits per heavy atom. The summed E-state index contributed by atoms with van der Waals surface area (Å²) < 4.78 is 0. The smallest absolute Gasteiger partial charge is 0.326 e. The van der Waals surface area contributed by atoms with Crippen LogP contribution in [0.15, 0.2) is 24.3 Å². The van der Waals surface area contributed by atoms with Crippen LogP contribution in [0.2, 0.25) is 0 Å². The summed E-state index contributed by atoms with van der Waals surface area (Å²) in [6.45, 7) is -0.0940. The molecule has 0 saturated carbocycles. The summed E-state index contributed by atoms with van der Waals surface area (Å²) >= 11 is 0. The van der Waals surface area contributed by atoms with Gasteiger partial charge in [-0.3, -0.25) is 9.59 Å². The number of aromatic hydroxyl groups is 1. The summed E-state index contributed by atoms with van der Waals surface area (Å²) in [5, 5.41) is 27.4. The van der Waals surface area contributed by atoms with Crippen LogP contribution < -0.4 is 0 Å². The van der Waals surface area contributed by atoms with E-state index in [4.69, 9.17) is 5.11 Å². The maximum absolute atomic E-state index is 11.8. The molecular weight excluding hydrogens is 278 g/mol. The maximum atomic E-state index is 11.8. The maximum Gasteiger partial charge on any atom is 0.326 e. The third-order valence-electron chi connectivity index (χ3n) is 3.53. The molecule has 3 N–H and O–H groups in total. The standard InChI is InChI=1S/C14H15NO6/c16-10-3-1-8(2-4-10)5-11(14(20)21)15-7-9(13(18)19)6-12(15)17/h1-4,9,11,16H,5-7H2,(H,18,19)(H,20,21). The van der Waals surface area contributed by atoms with Crippen LogP contribution in [-0.4, -0.2) is 50.7 Å². The van der Waals surface area contributed by atoms with Crippen LogP contribution in [0.4, 0.5) is 0 Å². The van der Waals surface area contributed by atoms with Crippen LogP contribution in [0.1, 0.15) is 12.0 Å². The number of carboxylic acid groups (broad SMARTS) is 2. The van der Waals surface area contributed by atoms with Gasteiger partial charge < -0.3 is 20.2 Å². The van der Waals surface area contributed by atoms with Crippen molar-refractivity contribution < 1.29 is 29.7 Å². The lowest BCUT2D eigenvalue weighted by Gasteiger charge is -2.24. The monoisotopic (exact) mass is 293 g/mol. The van der Waals surface area contributed by atoms with Crippen molar-refractivity contribution in [3.63, 3.8) is 0 Å². The zero-order valence-electron chi connectivity index (χ0n) is 11.1. The SMILES string of the molecule is O=C(O)C1CC(=O)N(C(Cc2ccc(O)cc2)C(=O)O)C1. The molecule has 7 nitrogen and oxygen atoms in total. The van der Waals surface area contributed by atoms with Crippen LogP contribution in [-0.2, 0) is 20.8 Å². The highest BCUT2D eigenvalue weighted by molar-refractivity contribution is 5.89. The molecule has 1 aromatic carbocycles. The fourth-order valence-corrected chi connectivity index (χ4v) is 2.38. The quantitative estimate of drug-likeness (QED) is 0.720. The van der Waals surface area contributed by atoms with E-state index in [1.54, 1.807) is 12.1 Å². The summed E-state index contributed by atoms with van der Waals surface area (Å²) in [5.41, 5.74) is 0.645. The molecule has 0 aliphatic carbocycles. The van der Waals surface area contributed by atoms with Gasteiger partial charge >= 0.3 is 11.9 Å². The summed E-state index contributed by atoms with van der Waals surface area (Å²) in [5.74, 6) is -3.54. The van der Waals surface area contributed by atoms with Crippen molar-refractivity contribution in [2.24, 2.45) is 5.92 Å². The Morgan fingerprint density at radius 2 is 1.86 bits per heavy atom. The number of hydrogen-bond donors (Lipinski definition) is 3. The number of phenolic OH excluding ortho intramolecular Hbond substituents is 1. The zero-order chi connectivity index (χ0) is 15.6. The molecule has 2 rings (SSSR count). The van der Waals surface area contributed by atoms with Crippen LogP contribution in [0.5, 0.6) is 5.75 Å². The molecule has 0 spiro atoms. The van der Waals surface area contributed by atoms with E-state index in [0.717, 1.165) is 4.90 Å². The number of amides is 1. The van der Waals surface area contributed by atoms with E-state index in [1.807, 2.05) is 0 Å². The molecule has 1 aromatic rings. The normalized spacial score (nSPS) is 19.5. The Kier molecular flexibility index (Phi) is 4.11. The van der Waals surface area contributed by atoms with E-state index in [2.05, 4.69) is 0 Å². The van der Waals surface area contributed by atoms with Gasteiger partial charge in [0.05, 0.1) is 5.92 Å². The van der Waals surface area contributed by atoms with Crippen molar-refractivity contribution in [1.29, 1.82) is 0 Å². The highest BCUT2D eigenvalue weighted by Gasteiger charge is 2.40. The van der Waals surface area contributed by atoms with E-state index < -0.39 is 29.8 Å². The van der Waals surface area contributed by atoms with E-state index >= 15 is 0 Å². The second-order valence-corrected chi connectivity index (χ2v) is 5.01. The molecule has 7 heteroatoms. The fourth-order valence-electron chi connectivity index (χ4n) is 2.38. The number of carbonyl (C=O) groups is 3. The number of rotatable bonds is 5. The number of nitrogens with zero attached hydrogens (tertiary/aromatic N) is 1. The predicted molar refractivity (Wildman–Crippen MR) is 70.7 cm³/mol. The van der Waals surface area contributed by atoms with Crippen LogP contribution in [0.3, 0.4) is 0 Å². The minimum absolute atomic E-state index is 0.0632. The average Bonchev–Trinajstić information content (AvgIpc) is 2.80. The first-order chi connectivity index (χ1) is 9.88. The zero-order valence-corrected chi connectivity index (χ0v) is 11.1. The molecule has 112 valence electrons. The van der Waals surface area contributed by atoms with Gasteiger partial charge in [0.25, 0.3) is 0 Å². The second-order valence-electron chi connectivity index (χ2n) is 5.01. The number of carboxylic acids is 2. The molecule has 0 bridgehead atoms. The first kappa shape index (κ1) is 14.8. The molecule has 1 heterocycles. The molecule has 21 heavy (non-hydrogen) atoms. The number of aliphatic carboxylic acids is 2. The van der Waals surface area contributed by atoms with Crippen LogP contribution in [0, 0.1) is 5.92 Å². The van der Waals surface area contributed by atoms with Crippen molar-refractivity contribution in [1.82, 2.24) is 4.90 Å². The Balaban J connectivity index is 2.16. The molecule has 0 aromatic heterocycles. The van der Waals surface area contributed by atoms with Crippen molar-refractivity contribution in [3.05, 3.63) is 29.8 Å². The molecule has 1 saturated heterocycles. The molecule has 2 unspecified atom stereocenters. The summed E-state index contributed by atoms with van der Waals surface area (Å²) in [6, 6.07) is 4.90. The highest BCUT2D eigenvalue weighted by Crippen LogP contribution is 2.23. The van der Waals surface area contributed by atoms with Gasteiger partial charge in [0.1, 0.15) is 11.8 Å². The lowest BCUT2D eigenvalue weighted by molar-refractivity contribution is -0.148. The lowest BCUT2D eigenvalue weighted by Crippen LogP contribution is -2.44. The molecule has 1 aliphatic heterocycles. The largest absolute Gasteiger partial charge is 0.508 e. The Labute approximate surface area is 120 Å². The Hall–Kier alpha value is -2.57. The van der Waals surface area contributed by atoms with Crippen molar-refractivity contribution >= 4 is 17.8 Å². The first-order valence-corrected chi connectivity index (χ1v) is 6.41. The van der Waals surface area contributed by atoms with E-state index in [9.17, 15) is 24.6 Å². The van der Waals surface area contributed by atoms with E-state index in [0.29, 0.717) is 5.56 Å². The molecule has 2 atom stereocenters. The minimum Gasteiger partial charge on any atom is -0.508 e. The summed E-state index contributed by atoms with van der Waals surface area (Å²) in [6.07, 6.45) is -0.109. The van der Waals surface area contributed by atoms with E-state index in [-0.39, 0.29) is 25.1 Å². The predicted octanol–water partition coefficient (Wildman–Crippen LogP) is 0.321. The molecule has 1 amide bonds. The van der Waals surface area contributed by atoms with Gasteiger partial charge in [-0.05, 0) is 17.7 Å². The van der Waals surface area contributed by atoms with Crippen molar-refractivity contribution in [2.75, 3.05) is 6.54 Å². The third-order valence-corrected chi connectivity index (χ3v) is 3.53. The van der Waals surface area contributed by atoms with Gasteiger partial charge in [0.2, 0.25) is 5.91 Å². The first-order valence-electron chi connectivity index (χ1n) is 6.41. The fraction of sp³-hybridized carbons (Fsp3) is 0.357. The van der Waals surface area contributed by atoms with E-state index in [1.165, 1.54) is 12.1 Å². The Bertz CT molecular complexity index is 567. The molecule has 1 fully saturated rings. The van der Waals surface area contributed by atoms with Gasteiger partial charge in [-0.2, -0.15) is 0 Å². The molecular formula is C14H15NO6. The van der Waals surface area contributed by atoms with Gasteiger partial charge in [0, 0.05) is 19.4 Å². The van der Waals surface area contributed by atoms with Gasteiger partial charge in [-0.25, -0.2) is 4.79 Å². The number of hydrogen-bond acceptors (Lipinski definition) is 4. The highest BCUT2D eigenvalue weighted by atomic mass is 16.4. The number of phenols is 1. The lowest BCUT2D eigenvalue weighted by atomic mass is 10.0. The molecule has 0 radical (unpaired) electrons. The number of likely N-dealkylation sites (tertiary alicyclic amines) is 1. The summed E-state index contributed by atoms with van der Waals surface area (Å²) in [7, 11) is 0. The average molecular weight is 293 g/mol. The number of carbonyl (C=O) groups excluding carboxylic acids is 1. The minimum atomic E-state index is -1.18. The third kappa shape index (κ3) is 3.31. The number of benzene rings is 1. The van der Waals surface area contributed by atoms with Gasteiger partial charge in [0.15, 0.2) is 0 Å². The topological polar surface area (TPSA) is 115 Å².